The molecule has 1 saturated carbocycles. The molecule has 1 aliphatic rings. The van der Waals surface area contributed by atoms with Gasteiger partial charge < -0.3 is 0 Å². The molecule has 3 aromatic rings. The Hall–Kier alpha value is -2.18. The number of amides is 1. The summed E-state index contributed by atoms with van der Waals surface area (Å²) in [5.74, 6) is 1.29. The molecule has 30 heavy (non-hydrogen) atoms. The lowest BCUT2D eigenvalue weighted by Crippen LogP contribution is -2.30. The Morgan fingerprint density at radius 3 is 2.73 bits per heavy atom. The lowest BCUT2D eigenvalue weighted by atomic mass is 9.72. The number of carbonyl (C=O) groups excluding carboxylic acids is 1. The van der Waals surface area contributed by atoms with E-state index in [1.165, 1.54) is 16.7 Å². The minimum absolute atomic E-state index is 0.149. The van der Waals surface area contributed by atoms with Crippen molar-refractivity contribution < 1.29 is 4.79 Å². The number of nitrogens with one attached hydrogen (secondary N) is 1. The Bertz CT molecular complexity index is 1040. The Balaban J connectivity index is 1.33. The highest BCUT2D eigenvalue weighted by Gasteiger charge is 2.29. The largest absolute Gasteiger partial charge is 0.271 e. The zero-order valence-corrected chi connectivity index (χ0v) is 19.3. The van der Waals surface area contributed by atoms with E-state index in [9.17, 15) is 4.79 Å². The highest BCUT2D eigenvalue weighted by molar-refractivity contribution is 8.00. The van der Waals surface area contributed by atoms with Crippen LogP contribution in [0.1, 0.15) is 56.0 Å². The first-order valence-corrected chi connectivity index (χ1v) is 12.1. The van der Waals surface area contributed by atoms with Crippen molar-refractivity contribution in [2.45, 2.75) is 50.1 Å². The van der Waals surface area contributed by atoms with Crippen molar-refractivity contribution in [1.29, 1.82) is 0 Å². The third-order valence-corrected chi connectivity index (χ3v) is 7.59. The first kappa shape index (κ1) is 21.1. The topological polar surface area (TPSA) is 54.4 Å². The van der Waals surface area contributed by atoms with Gasteiger partial charge in [-0.2, -0.15) is 5.10 Å². The van der Waals surface area contributed by atoms with Crippen molar-refractivity contribution in [3.63, 3.8) is 0 Å². The Morgan fingerprint density at radius 2 is 2.00 bits per heavy atom. The van der Waals surface area contributed by atoms with Crippen molar-refractivity contribution >= 4 is 44.9 Å². The number of nitrogens with zero attached hydrogens (tertiary/aromatic N) is 2. The van der Waals surface area contributed by atoms with Gasteiger partial charge >= 0.3 is 0 Å². The standard InChI is InChI=1S/C24H27N3OS2/c1-16-12-19(14-24(2,3)13-16)26-27-22(28)18-10-8-17(9-11-18)15-29-23-25-20-6-4-5-7-21(20)30-23/h4-11,16H,12-15H2,1-3H3,(H,27,28). The summed E-state index contributed by atoms with van der Waals surface area (Å²) < 4.78 is 2.28. The van der Waals surface area contributed by atoms with E-state index in [2.05, 4.69) is 42.3 Å². The molecule has 6 heteroatoms. The number of rotatable bonds is 5. The minimum Gasteiger partial charge on any atom is -0.267 e. The van der Waals surface area contributed by atoms with Crippen LogP contribution in [-0.4, -0.2) is 16.6 Å². The van der Waals surface area contributed by atoms with Crippen molar-refractivity contribution in [2.75, 3.05) is 0 Å². The van der Waals surface area contributed by atoms with E-state index in [0.717, 1.165) is 34.2 Å². The van der Waals surface area contributed by atoms with Crippen LogP contribution < -0.4 is 5.43 Å². The number of hydrogen-bond donors (Lipinski definition) is 1. The fraction of sp³-hybridized carbons (Fsp3) is 0.375. The van der Waals surface area contributed by atoms with Gasteiger partial charge in [-0.25, -0.2) is 10.4 Å². The second kappa shape index (κ2) is 8.90. The monoisotopic (exact) mass is 437 g/mol. The summed E-state index contributed by atoms with van der Waals surface area (Å²) in [4.78, 5) is 17.1. The van der Waals surface area contributed by atoms with Gasteiger partial charge in [-0.15, -0.1) is 11.3 Å². The van der Waals surface area contributed by atoms with Gasteiger partial charge in [0.2, 0.25) is 0 Å². The number of hydrogen-bond acceptors (Lipinski definition) is 5. The Labute approximate surface area is 186 Å². The molecule has 4 nitrogen and oxygen atoms in total. The molecule has 4 rings (SSSR count). The minimum atomic E-state index is -0.149. The maximum Gasteiger partial charge on any atom is 0.271 e. The number of hydrazone groups is 1. The van der Waals surface area contributed by atoms with Gasteiger partial charge in [0.15, 0.2) is 4.34 Å². The molecule has 0 saturated heterocycles. The summed E-state index contributed by atoms with van der Waals surface area (Å²) in [6.07, 6.45) is 3.11. The molecule has 1 atom stereocenters. The molecule has 1 unspecified atom stereocenters. The van der Waals surface area contributed by atoms with Gasteiger partial charge in [0.25, 0.3) is 5.91 Å². The molecular weight excluding hydrogens is 410 g/mol. The third-order valence-electron chi connectivity index (χ3n) is 5.34. The second-order valence-electron chi connectivity index (χ2n) is 8.91. The lowest BCUT2D eigenvalue weighted by molar-refractivity contribution is 0.0954. The quantitative estimate of drug-likeness (QED) is 0.365. The molecule has 1 N–H and O–H groups in total. The van der Waals surface area contributed by atoms with Crippen molar-refractivity contribution in [2.24, 2.45) is 16.4 Å². The summed E-state index contributed by atoms with van der Waals surface area (Å²) in [6, 6.07) is 16.0. The maximum absolute atomic E-state index is 12.5. The number of carbonyl (C=O) groups is 1. The van der Waals surface area contributed by atoms with Crippen LogP contribution in [0.5, 0.6) is 0 Å². The molecule has 2 aromatic carbocycles. The van der Waals surface area contributed by atoms with Crippen molar-refractivity contribution in [1.82, 2.24) is 10.4 Å². The van der Waals surface area contributed by atoms with E-state index in [-0.39, 0.29) is 11.3 Å². The van der Waals surface area contributed by atoms with E-state index >= 15 is 0 Å². The third kappa shape index (κ3) is 5.29. The Kier molecular flexibility index (Phi) is 6.25. The van der Waals surface area contributed by atoms with Crippen LogP contribution >= 0.6 is 23.1 Å². The maximum atomic E-state index is 12.5. The van der Waals surface area contributed by atoms with Gasteiger partial charge in [0.1, 0.15) is 0 Å². The smallest absolute Gasteiger partial charge is 0.267 e. The fourth-order valence-corrected chi connectivity index (χ4v) is 6.23. The predicted molar refractivity (Wildman–Crippen MR) is 127 cm³/mol. The van der Waals surface area contributed by atoms with Gasteiger partial charge in [-0.3, -0.25) is 4.79 Å². The summed E-state index contributed by atoms with van der Waals surface area (Å²) in [6.45, 7) is 6.79. The molecular formula is C24H27N3OS2. The van der Waals surface area contributed by atoms with Crippen LogP contribution in [0.25, 0.3) is 10.2 Å². The average Bonchev–Trinajstić information content (AvgIpc) is 3.12. The molecule has 1 heterocycles. The number of aromatic nitrogens is 1. The van der Waals surface area contributed by atoms with E-state index in [1.54, 1.807) is 23.1 Å². The van der Waals surface area contributed by atoms with Crippen molar-refractivity contribution in [3.8, 4) is 0 Å². The predicted octanol–water partition coefficient (Wildman–Crippen LogP) is 6.52. The molecule has 1 aromatic heterocycles. The fourth-order valence-electron chi connectivity index (χ4n) is 4.20. The highest BCUT2D eigenvalue weighted by Crippen LogP contribution is 2.37. The lowest BCUT2D eigenvalue weighted by Gasteiger charge is -2.34. The van der Waals surface area contributed by atoms with Crippen LogP contribution in [0, 0.1) is 11.3 Å². The second-order valence-corrected chi connectivity index (χ2v) is 11.2. The molecule has 0 bridgehead atoms. The number of benzene rings is 2. The summed E-state index contributed by atoms with van der Waals surface area (Å²) in [5.41, 5.74) is 6.96. The van der Waals surface area contributed by atoms with Crippen LogP contribution in [0.4, 0.5) is 0 Å². The zero-order chi connectivity index (χ0) is 21.1. The van der Waals surface area contributed by atoms with Gasteiger partial charge in [0, 0.05) is 17.0 Å². The van der Waals surface area contributed by atoms with E-state index < -0.39 is 0 Å². The molecule has 1 aliphatic carbocycles. The van der Waals surface area contributed by atoms with E-state index in [4.69, 9.17) is 0 Å². The average molecular weight is 438 g/mol. The normalized spacial score (nSPS) is 19.8. The highest BCUT2D eigenvalue weighted by atomic mass is 32.2. The number of fused-ring (bicyclic) bond motifs is 1. The van der Waals surface area contributed by atoms with Crippen molar-refractivity contribution in [3.05, 3.63) is 59.7 Å². The zero-order valence-electron chi connectivity index (χ0n) is 17.6. The van der Waals surface area contributed by atoms with Crippen LogP contribution in [0.3, 0.4) is 0 Å². The van der Waals surface area contributed by atoms with Crippen LogP contribution in [0.2, 0.25) is 0 Å². The molecule has 0 radical (unpaired) electrons. The van der Waals surface area contributed by atoms with E-state index in [0.29, 0.717) is 11.5 Å². The van der Waals surface area contributed by atoms with Crippen LogP contribution in [-0.2, 0) is 5.75 Å². The van der Waals surface area contributed by atoms with Gasteiger partial charge in [-0.1, -0.05) is 56.8 Å². The Morgan fingerprint density at radius 1 is 1.23 bits per heavy atom. The molecule has 156 valence electrons. The molecule has 0 spiro atoms. The molecule has 0 aliphatic heterocycles. The number of para-hydroxylation sites is 1. The summed E-state index contributed by atoms with van der Waals surface area (Å²) in [5, 5.41) is 4.43. The summed E-state index contributed by atoms with van der Waals surface area (Å²) >= 11 is 3.45. The van der Waals surface area contributed by atoms with Gasteiger partial charge in [-0.05, 0) is 60.4 Å². The van der Waals surface area contributed by atoms with E-state index in [1.807, 2.05) is 42.5 Å². The molecule has 1 fully saturated rings. The first-order valence-electron chi connectivity index (χ1n) is 10.3. The van der Waals surface area contributed by atoms with Crippen LogP contribution in [0.15, 0.2) is 58.0 Å². The number of thioether (sulfide) groups is 1. The molecule has 1 amide bonds. The SMILES string of the molecule is CC1CC(=NNC(=O)c2ccc(CSc3nc4ccccc4s3)cc2)CC(C)(C)C1. The van der Waals surface area contributed by atoms with Gasteiger partial charge in [0.05, 0.1) is 10.2 Å². The first-order chi connectivity index (χ1) is 14.4. The number of thiazole rings is 1. The summed E-state index contributed by atoms with van der Waals surface area (Å²) in [7, 11) is 0.